The first-order chi connectivity index (χ1) is 11.3. The summed E-state index contributed by atoms with van der Waals surface area (Å²) < 4.78 is 2.16. The Hall–Kier alpha value is -2.06. The van der Waals surface area contributed by atoms with Gasteiger partial charge in [0.25, 0.3) is 5.91 Å². The molecule has 4 heterocycles. The maximum Gasteiger partial charge on any atom is 0.263 e. The smallest absolute Gasteiger partial charge is 0.263 e. The average molecular weight is 345 g/mol. The number of nitrogens with one attached hydrogen (secondary N) is 1. The Balaban J connectivity index is 1.35. The molecule has 0 atom stereocenters. The monoisotopic (exact) mass is 345 g/mol. The summed E-state index contributed by atoms with van der Waals surface area (Å²) in [5.41, 5.74) is 1.07. The van der Waals surface area contributed by atoms with Gasteiger partial charge in [-0.2, -0.15) is 11.3 Å². The molecule has 0 unspecified atom stereocenters. The van der Waals surface area contributed by atoms with Crippen molar-refractivity contribution < 1.29 is 4.79 Å². The van der Waals surface area contributed by atoms with Crippen LogP contribution in [-0.2, 0) is 19.4 Å². The number of thiazole rings is 1. The number of amides is 1. The fraction of sp³-hybridized carbons (Fsp3) is 0.333. The second-order valence-corrected chi connectivity index (χ2v) is 7.15. The topological polar surface area (TPSA) is 72.7 Å². The van der Waals surface area contributed by atoms with E-state index in [1.165, 1.54) is 11.3 Å². The Morgan fingerprint density at radius 1 is 1.39 bits per heavy atom. The molecule has 1 aliphatic rings. The summed E-state index contributed by atoms with van der Waals surface area (Å²) in [6, 6.07) is 2.01. The van der Waals surface area contributed by atoms with E-state index < -0.39 is 0 Å². The van der Waals surface area contributed by atoms with Gasteiger partial charge in [0, 0.05) is 36.9 Å². The molecule has 0 bridgehead atoms. The molecule has 6 nitrogen and oxygen atoms in total. The average Bonchev–Trinajstić information content (AvgIpc) is 3.32. The SMILES string of the molecule is O=C(NCCc1nnc2n1CCC2)c1cnc(-c2ccsc2)s1. The quantitative estimate of drug-likeness (QED) is 0.770. The van der Waals surface area contributed by atoms with Crippen molar-refractivity contribution >= 4 is 28.6 Å². The number of fused-ring (bicyclic) bond motifs is 1. The number of aryl methyl sites for hydroxylation is 1. The lowest BCUT2D eigenvalue weighted by Crippen LogP contribution is -2.25. The number of rotatable bonds is 5. The molecule has 3 aromatic heterocycles. The number of aromatic nitrogens is 4. The molecule has 0 aliphatic carbocycles. The lowest BCUT2D eigenvalue weighted by atomic mass is 10.3. The number of carbonyl (C=O) groups excluding carboxylic acids is 1. The Bertz CT molecular complexity index is 821. The third-order valence-corrected chi connectivity index (χ3v) is 5.55. The van der Waals surface area contributed by atoms with E-state index in [0.29, 0.717) is 17.8 Å². The summed E-state index contributed by atoms with van der Waals surface area (Å²) in [7, 11) is 0. The fourth-order valence-electron chi connectivity index (χ4n) is 2.67. The molecular weight excluding hydrogens is 330 g/mol. The van der Waals surface area contributed by atoms with Crippen LogP contribution >= 0.6 is 22.7 Å². The van der Waals surface area contributed by atoms with Crippen LogP contribution in [-0.4, -0.2) is 32.2 Å². The molecule has 1 aliphatic heterocycles. The third-order valence-electron chi connectivity index (χ3n) is 3.82. The van der Waals surface area contributed by atoms with Gasteiger partial charge in [-0.1, -0.05) is 0 Å². The molecule has 8 heteroatoms. The molecule has 0 aromatic carbocycles. The summed E-state index contributed by atoms with van der Waals surface area (Å²) >= 11 is 3.04. The van der Waals surface area contributed by atoms with Gasteiger partial charge >= 0.3 is 0 Å². The van der Waals surface area contributed by atoms with Crippen LogP contribution in [0.25, 0.3) is 10.6 Å². The van der Waals surface area contributed by atoms with E-state index in [2.05, 4.69) is 25.1 Å². The molecule has 0 spiro atoms. The summed E-state index contributed by atoms with van der Waals surface area (Å²) in [6.07, 6.45) is 4.48. The van der Waals surface area contributed by atoms with Crippen molar-refractivity contribution in [2.24, 2.45) is 0 Å². The van der Waals surface area contributed by atoms with Gasteiger partial charge in [-0.25, -0.2) is 4.98 Å². The van der Waals surface area contributed by atoms with E-state index in [0.717, 1.165) is 41.6 Å². The van der Waals surface area contributed by atoms with E-state index in [9.17, 15) is 4.79 Å². The van der Waals surface area contributed by atoms with Crippen LogP contribution in [0.1, 0.15) is 27.7 Å². The van der Waals surface area contributed by atoms with Gasteiger partial charge in [0.2, 0.25) is 0 Å². The minimum absolute atomic E-state index is 0.0786. The molecule has 0 saturated carbocycles. The largest absolute Gasteiger partial charge is 0.351 e. The molecule has 0 fully saturated rings. The van der Waals surface area contributed by atoms with Crippen molar-refractivity contribution in [3.63, 3.8) is 0 Å². The number of hydrogen-bond donors (Lipinski definition) is 1. The molecule has 0 saturated heterocycles. The van der Waals surface area contributed by atoms with Crippen molar-refractivity contribution in [1.82, 2.24) is 25.1 Å². The maximum absolute atomic E-state index is 12.2. The Morgan fingerprint density at radius 2 is 2.35 bits per heavy atom. The Kier molecular flexibility index (Phi) is 3.92. The molecule has 1 amide bonds. The number of nitrogens with zero attached hydrogens (tertiary/aromatic N) is 4. The lowest BCUT2D eigenvalue weighted by molar-refractivity contribution is 0.0957. The summed E-state index contributed by atoms with van der Waals surface area (Å²) in [4.78, 5) is 17.2. The zero-order valence-corrected chi connectivity index (χ0v) is 14.0. The van der Waals surface area contributed by atoms with Crippen molar-refractivity contribution in [2.75, 3.05) is 6.54 Å². The van der Waals surface area contributed by atoms with Crippen molar-refractivity contribution in [3.8, 4) is 10.6 Å². The highest BCUT2D eigenvalue weighted by molar-refractivity contribution is 7.17. The first-order valence-electron chi connectivity index (χ1n) is 7.49. The summed E-state index contributed by atoms with van der Waals surface area (Å²) in [6.45, 7) is 1.55. The summed E-state index contributed by atoms with van der Waals surface area (Å²) in [5.74, 6) is 1.94. The lowest BCUT2D eigenvalue weighted by Gasteiger charge is -2.04. The van der Waals surface area contributed by atoms with Gasteiger partial charge in [0.1, 0.15) is 21.5 Å². The molecule has 1 N–H and O–H groups in total. The predicted octanol–water partition coefficient (Wildman–Crippen LogP) is 2.38. The minimum Gasteiger partial charge on any atom is -0.351 e. The zero-order valence-electron chi connectivity index (χ0n) is 12.4. The van der Waals surface area contributed by atoms with Crippen LogP contribution in [0.3, 0.4) is 0 Å². The predicted molar refractivity (Wildman–Crippen MR) is 89.8 cm³/mol. The molecule has 118 valence electrons. The van der Waals surface area contributed by atoms with Gasteiger partial charge in [-0.3, -0.25) is 4.79 Å². The first-order valence-corrected chi connectivity index (χ1v) is 9.25. The van der Waals surface area contributed by atoms with E-state index in [1.54, 1.807) is 17.5 Å². The Morgan fingerprint density at radius 3 is 3.22 bits per heavy atom. The molecular formula is C15H15N5OS2. The normalized spacial score (nSPS) is 13.2. The highest BCUT2D eigenvalue weighted by Crippen LogP contribution is 2.26. The van der Waals surface area contributed by atoms with Gasteiger partial charge in [-0.15, -0.1) is 21.5 Å². The fourth-order valence-corrected chi connectivity index (χ4v) is 4.21. The van der Waals surface area contributed by atoms with Crippen LogP contribution in [0.2, 0.25) is 0 Å². The van der Waals surface area contributed by atoms with E-state index >= 15 is 0 Å². The van der Waals surface area contributed by atoms with Crippen molar-refractivity contribution in [1.29, 1.82) is 0 Å². The van der Waals surface area contributed by atoms with Crippen LogP contribution in [0.15, 0.2) is 23.0 Å². The van der Waals surface area contributed by atoms with E-state index in [4.69, 9.17) is 0 Å². The van der Waals surface area contributed by atoms with Gasteiger partial charge in [-0.05, 0) is 17.9 Å². The standard InChI is InChI=1S/C15H15N5OS2/c21-14(11-8-17-15(23-11)10-4-7-22-9-10)16-5-3-13-19-18-12-2-1-6-20(12)13/h4,7-9H,1-3,5-6H2,(H,16,21). The number of carbonyl (C=O) groups is 1. The van der Waals surface area contributed by atoms with E-state index in [1.807, 2.05) is 16.8 Å². The van der Waals surface area contributed by atoms with Crippen LogP contribution in [0.4, 0.5) is 0 Å². The Labute approximate surface area is 141 Å². The molecule has 23 heavy (non-hydrogen) atoms. The third kappa shape index (κ3) is 2.91. The zero-order chi connectivity index (χ0) is 15.6. The van der Waals surface area contributed by atoms with Crippen LogP contribution in [0, 0.1) is 0 Å². The molecule has 4 rings (SSSR count). The van der Waals surface area contributed by atoms with Crippen molar-refractivity contribution in [3.05, 3.63) is 39.5 Å². The van der Waals surface area contributed by atoms with Crippen LogP contribution < -0.4 is 5.32 Å². The van der Waals surface area contributed by atoms with Gasteiger partial charge < -0.3 is 9.88 Å². The minimum atomic E-state index is -0.0786. The first kappa shape index (κ1) is 14.5. The second kappa shape index (κ2) is 6.21. The number of thiophene rings is 1. The highest BCUT2D eigenvalue weighted by Gasteiger charge is 2.17. The van der Waals surface area contributed by atoms with Crippen LogP contribution in [0.5, 0.6) is 0 Å². The highest BCUT2D eigenvalue weighted by atomic mass is 32.1. The number of hydrogen-bond acceptors (Lipinski definition) is 6. The summed E-state index contributed by atoms with van der Waals surface area (Å²) in [5, 5.41) is 16.2. The molecule has 0 radical (unpaired) electrons. The van der Waals surface area contributed by atoms with E-state index in [-0.39, 0.29) is 5.91 Å². The van der Waals surface area contributed by atoms with Gasteiger partial charge in [0.15, 0.2) is 0 Å². The maximum atomic E-state index is 12.2. The van der Waals surface area contributed by atoms with Gasteiger partial charge in [0.05, 0.1) is 6.20 Å². The molecule has 3 aromatic rings. The van der Waals surface area contributed by atoms with Crippen molar-refractivity contribution in [2.45, 2.75) is 25.8 Å². The second-order valence-electron chi connectivity index (χ2n) is 5.34.